The molecule has 0 saturated carbocycles. The lowest BCUT2D eigenvalue weighted by atomic mass is 10.0. The molecule has 0 atom stereocenters. The van der Waals surface area contributed by atoms with Crippen LogP contribution in [0.2, 0.25) is 0 Å². The van der Waals surface area contributed by atoms with Gasteiger partial charge in [-0.15, -0.1) is 0 Å². The molecular formula is C96H68Br2N4O3. The number of nitrogens with one attached hydrogen (secondary N) is 1. The number of nitrogens with two attached hydrogens (primary N) is 1. The van der Waals surface area contributed by atoms with E-state index >= 15 is 0 Å². The number of nitrogens with zero attached hydrogens (tertiary/aromatic N) is 2. The largest absolute Gasteiger partial charge is 0.455 e. The maximum atomic E-state index is 6.25. The van der Waals surface area contributed by atoms with Crippen LogP contribution in [0, 0.1) is 0 Å². The van der Waals surface area contributed by atoms with E-state index in [2.05, 4.69) is 332 Å². The highest BCUT2D eigenvalue weighted by Gasteiger charge is 2.18. The third-order valence-corrected chi connectivity index (χ3v) is 19.6. The Morgan fingerprint density at radius 3 is 0.848 bits per heavy atom. The summed E-state index contributed by atoms with van der Waals surface area (Å²) in [5.74, 6) is 0. The molecule has 0 aliphatic heterocycles. The molecule has 9 heteroatoms. The zero-order valence-electron chi connectivity index (χ0n) is 57.0. The van der Waals surface area contributed by atoms with E-state index in [0.29, 0.717) is 0 Å². The number of para-hydroxylation sites is 10. The van der Waals surface area contributed by atoms with Crippen LogP contribution in [0.15, 0.2) is 417 Å². The Bertz CT molecular complexity index is 6070. The SMILES string of the molecule is Brc1ccc(-c2ccc(N(c3ccccc3)c3ccccc3)cc2)cc1.Brc1ccc(N(c2ccccc2)c2ccc(-c3cccc4c3oc3ccccc34)cc2)cc1.Nc1ccc(-c2cccc3c2oc2ccccc23)cc1.c1ccc(Nc2ccc(-c3cccc4c3oc3ccccc34)cc2)cc1. The number of nitrogen functional groups attached to an aromatic ring is 1. The van der Waals surface area contributed by atoms with Gasteiger partial charge in [0, 0.05) is 109 Å². The minimum Gasteiger partial charge on any atom is -0.455 e. The van der Waals surface area contributed by atoms with Crippen molar-refractivity contribution in [2.75, 3.05) is 20.9 Å². The van der Waals surface area contributed by atoms with Gasteiger partial charge >= 0.3 is 0 Å². The number of fused-ring (bicyclic) bond motifs is 9. The lowest BCUT2D eigenvalue weighted by Crippen LogP contribution is -2.09. The molecular weight excluding hydrogens is 1420 g/mol. The van der Waals surface area contributed by atoms with Crippen molar-refractivity contribution < 1.29 is 13.3 Å². The van der Waals surface area contributed by atoms with Crippen molar-refractivity contribution in [3.8, 4) is 44.5 Å². The van der Waals surface area contributed by atoms with Crippen molar-refractivity contribution in [3.63, 3.8) is 0 Å². The van der Waals surface area contributed by atoms with E-state index in [1.54, 1.807) is 0 Å². The standard InChI is InChI=1S/C30H20BrNO.C24H18BrN.C24H17NO.C18H13NO/c31-22-15-19-25(20-16-22)32(23-7-2-1-3-8-23)24-17-13-21(14-18-24)26-10-6-11-28-27-9-4-5-12-29(27)33-30(26)28;25-21-15-11-19(12-16-21)20-13-17-24(18-14-20)26(22-7-3-1-4-8-22)23-9-5-2-6-10-23;1-2-7-18(8-3-1)25-19-15-13-17(14-16-19)20-10-6-11-22-21-9-4-5-12-23(21)26-24(20)22;19-13-10-8-12(9-11-13)14-5-3-6-16-15-4-1-2-7-17(15)20-18(14)16/h1-20H;1-18H;1-16,25H;1-11H,19H2. The summed E-state index contributed by atoms with van der Waals surface area (Å²) in [6.45, 7) is 0. The maximum Gasteiger partial charge on any atom is 0.143 e. The van der Waals surface area contributed by atoms with E-state index in [0.717, 1.165) is 159 Å². The van der Waals surface area contributed by atoms with Crippen LogP contribution in [0.25, 0.3) is 110 Å². The van der Waals surface area contributed by atoms with E-state index in [9.17, 15) is 0 Å². The van der Waals surface area contributed by atoms with Crippen LogP contribution >= 0.6 is 31.9 Å². The highest BCUT2D eigenvalue weighted by Crippen LogP contribution is 2.42. The molecule has 504 valence electrons. The molecule has 3 aromatic heterocycles. The number of hydrogen-bond acceptors (Lipinski definition) is 7. The van der Waals surface area contributed by atoms with Gasteiger partial charge in [-0.25, -0.2) is 0 Å². The van der Waals surface area contributed by atoms with Crippen LogP contribution in [0.4, 0.5) is 51.2 Å². The molecule has 0 saturated heterocycles. The van der Waals surface area contributed by atoms with Gasteiger partial charge in [0.1, 0.15) is 33.5 Å². The zero-order valence-corrected chi connectivity index (χ0v) is 60.2. The molecule has 0 spiro atoms. The second-order valence-electron chi connectivity index (χ2n) is 25.3. The average molecular weight is 1490 g/mol. The maximum absolute atomic E-state index is 6.25. The van der Waals surface area contributed by atoms with Gasteiger partial charge in [0.05, 0.1) is 0 Å². The van der Waals surface area contributed by atoms with Gasteiger partial charge in [-0.2, -0.15) is 0 Å². The summed E-state index contributed by atoms with van der Waals surface area (Å²) in [6, 6.07) is 136. The first-order valence-electron chi connectivity index (χ1n) is 34.8. The van der Waals surface area contributed by atoms with Crippen molar-refractivity contribution in [1.29, 1.82) is 0 Å². The van der Waals surface area contributed by atoms with Gasteiger partial charge < -0.3 is 34.1 Å². The summed E-state index contributed by atoms with van der Waals surface area (Å²) in [7, 11) is 0. The Morgan fingerprint density at radius 1 is 0.219 bits per heavy atom. The molecule has 0 aliphatic rings. The molecule has 0 aliphatic carbocycles. The van der Waals surface area contributed by atoms with E-state index in [-0.39, 0.29) is 0 Å². The van der Waals surface area contributed by atoms with Crippen LogP contribution in [0.5, 0.6) is 0 Å². The smallest absolute Gasteiger partial charge is 0.143 e. The fourth-order valence-electron chi connectivity index (χ4n) is 13.5. The van der Waals surface area contributed by atoms with Crippen molar-refractivity contribution in [2.45, 2.75) is 0 Å². The molecule has 0 fully saturated rings. The second-order valence-corrected chi connectivity index (χ2v) is 27.1. The number of anilines is 9. The van der Waals surface area contributed by atoms with E-state index in [1.165, 1.54) is 11.1 Å². The van der Waals surface area contributed by atoms with Crippen LogP contribution in [-0.2, 0) is 0 Å². The lowest BCUT2D eigenvalue weighted by molar-refractivity contribution is 0.669. The first-order chi connectivity index (χ1) is 51.8. The van der Waals surface area contributed by atoms with Crippen molar-refractivity contribution >= 4 is 149 Å². The molecule has 19 aromatic rings. The first-order valence-corrected chi connectivity index (χ1v) is 36.4. The highest BCUT2D eigenvalue weighted by atomic mass is 79.9. The van der Waals surface area contributed by atoms with Crippen LogP contribution in [0.1, 0.15) is 0 Å². The molecule has 0 radical (unpaired) electrons. The minimum atomic E-state index is 0.769. The highest BCUT2D eigenvalue weighted by molar-refractivity contribution is 9.10. The summed E-state index contributed by atoms with van der Waals surface area (Å²) < 4.78 is 20.6. The molecule has 3 heterocycles. The predicted octanol–water partition coefficient (Wildman–Crippen LogP) is 28.9. The van der Waals surface area contributed by atoms with Gasteiger partial charge in [0.25, 0.3) is 0 Å². The quantitative estimate of drug-likeness (QED) is 0.118. The first kappa shape index (κ1) is 66.6. The summed E-state index contributed by atoms with van der Waals surface area (Å²) >= 11 is 7.04. The molecule has 19 rings (SSSR count). The summed E-state index contributed by atoms with van der Waals surface area (Å²) in [6.07, 6.45) is 0. The van der Waals surface area contributed by atoms with Crippen molar-refractivity contribution in [1.82, 2.24) is 0 Å². The summed E-state index contributed by atoms with van der Waals surface area (Å²) in [4.78, 5) is 4.53. The molecule has 105 heavy (non-hydrogen) atoms. The Labute approximate surface area is 626 Å². The van der Waals surface area contributed by atoms with Crippen LogP contribution < -0.4 is 20.9 Å². The molecule has 7 nitrogen and oxygen atoms in total. The van der Waals surface area contributed by atoms with E-state index < -0.39 is 0 Å². The molecule has 3 N–H and O–H groups in total. The second kappa shape index (κ2) is 30.7. The third kappa shape index (κ3) is 14.7. The van der Waals surface area contributed by atoms with Crippen molar-refractivity contribution in [3.05, 3.63) is 403 Å². The van der Waals surface area contributed by atoms with Gasteiger partial charge in [-0.05, 0) is 179 Å². The minimum absolute atomic E-state index is 0.769. The van der Waals surface area contributed by atoms with Crippen molar-refractivity contribution in [2.24, 2.45) is 0 Å². The number of hydrogen-bond donors (Lipinski definition) is 2. The summed E-state index contributed by atoms with van der Waals surface area (Å²) in [5.41, 5.74) is 30.1. The lowest BCUT2D eigenvalue weighted by Gasteiger charge is -2.25. The number of halogens is 2. The number of benzene rings is 16. The van der Waals surface area contributed by atoms with Gasteiger partial charge in [0.15, 0.2) is 0 Å². The molecule has 0 bridgehead atoms. The Balaban J connectivity index is 0.000000109. The van der Waals surface area contributed by atoms with E-state index in [1.807, 2.05) is 109 Å². The third-order valence-electron chi connectivity index (χ3n) is 18.6. The Kier molecular flexibility index (Phi) is 19.5. The van der Waals surface area contributed by atoms with Gasteiger partial charge in [-0.1, -0.05) is 275 Å². The Hall–Kier alpha value is -12.9. The summed E-state index contributed by atoms with van der Waals surface area (Å²) in [5, 5.41) is 10.3. The molecule has 16 aromatic carbocycles. The average Bonchev–Trinajstić information content (AvgIpc) is 1.60. The predicted molar refractivity (Wildman–Crippen MR) is 448 cm³/mol. The van der Waals surface area contributed by atoms with Gasteiger partial charge in [-0.3, -0.25) is 0 Å². The molecule has 0 unspecified atom stereocenters. The fourth-order valence-corrected chi connectivity index (χ4v) is 14.0. The monoisotopic (exact) mass is 1480 g/mol. The Morgan fingerprint density at radius 2 is 0.476 bits per heavy atom. The number of furan rings is 3. The van der Waals surface area contributed by atoms with E-state index in [4.69, 9.17) is 19.0 Å². The fraction of sp³-hybridized carbons (Fsp3) is 0. The topological polar surface area (TPSA) is 84.0 Å². The van der Waals surface area contributed by atoms with Crippen LogP contribution in [-0.4, -0.2) is 0 Å². The number of rotatable bonds is 12. The zero-order chi connectivity index (χ0) is 70.8. The molecule has 0 amide bonds. The van der Waals surface area contributed by atoms with Crippen LogP contribution in [0.3, 0.4) is 0 Å². The normalized spacial score (nSPS) is 11.0. The van der Waals surface area contributed by atoms with Gasteiger partial charge in [0.2, 0.25) is 0 Å².